The molecule has 0 saturated heterocycles. The van der Waals surface area contributed by atoms with Crippen LogP contribution < -0.4 is 16.8 Å². The van der Waals surface area contributed by atoms with Crippen molar-refractivity contribution in [3.63, 3.8) is 0 Å². The molecule has 25 heavy (non-hydrogen) atoms. The fourth-order valence-electron chi connectivity index (χ4n) is 1.78. The van der Waals surface area contributed by atoms with Gasteiger partial charge in [-0.1, -0.05) is 30.3 Å². The van der Waals surface area contributed by atoms with E-state index in [0.717, 1.165) is 17.5 Å². The molecular formula is C18H27N5O2. The topological polar surface area (TPSA) is 138 Å². The fourth-order valence-corrected chi connectivity index (χ4v) is 1.78. The van der Waals surface area contributed by atoms with Gasteiger partial charge < -0.3 is 21.9 Å². The Morgan fingerprint density at radius 3 is 2.36 bits per heavy atom. The van der Waals surface area contributed by atoms with Gasteiger partial charge in [-0.3, -0.25) is 10.4 Å². The van der Waals surface area contributed by atoms with Crippen molar-refractivity contribution in [2.24, 2.45) is 16.5 Å². The molecule has 0 fully saturated rings. The molecule has 0 amide bonds. The summed E-state index contributed by atoms with van der Waals surface area (Å²) in [6.45, 7) is 0.476. The summed E-state index contributed by atoms with van der Waals surface area (Å²) in [4.78, 5) is 15.1. The second kappa shape index (κ2) is 14.6. The van der Waals surface area contributed by atoms with E-state index in [-0.39, 0.29) is 0 Å². The highest BCUT2D eigenvalue weighted by molar-refractivity contribution is 5.82. The number of nitrogens with two attached hydrogens (primary N) is 2. The molecule has 7 heteroatoms. The molecule has 0 saturated carbocycles. The van der Waals surface area contributed by atoms with Crippen molar-refractivity contribution in [1.29, 1.82) is 5.41 Å². The predicted octanol–water partition coefficient (Wildman–Crippen LogP) is 1.70. The zero-order valence-corrected chi connectivity index (χ0v) is 14.4. The van der Waals surface area contributed by atoms with Gasteiger partial charge in [0, 0.05) is 13.3 Å². The lowest BCUT2D eigenvalue weighted by Gasteiger charge is -2.04. The number of nitrogens with one attached hydrogen (secondary N) is 2. The zero-order valence-electron chi connectivity index (χ0n) is 14.4. The molecule has 0 aliphatic heterocycles. The summed E-state index contributed by atoms with van der Waals surface area (Å²) in [7, 11) is 1.85. The number of rotatable bonds is 9. The van der Waals surface area contributed by atoms with E-state index in [0.29, 0.717) is 19.4 Å². The van der Waals surface area contributed by atoms with Crippen LogP contribution in [0.25, 0.3) is 12.2 Å². The molecule has 0 spiro atoms. The van der Waals surface area contributed by atoms with Gasteiger partial charge in [-0.25, -0.2) is 4.79 Å². The summed E-state index contributed by atoms with van der Waals surface area (Å²) >= 11 is 0. The molecule has 7 N–H and O–H groups in total. The summed E-state index contributed by atoms with van der Waals surface area (Å²) in [6, 6.07) is 7.27. The number of benzene rings is 1. The van der Waals surface area contributed by atoms with Crippen LogP contribution in [-0.4, -0.2) is 43.3 Å². The summed E-state index contributed by atoms with van der Waals surface area (Å²) in [5, 5.41) is 17.8. The van der Waals surface area contributed by atoms with E-state index in [2.05, 4.69) is 16.0 Å². The highest BCUT2D eigenvalue weighted by atomic mass is 16.4. The third-order valence-corrected chi connectivity index (χ3v) is 2.99. The van der Waals surface area contributed by atoms with Gasteiger partial charge in [0.15, 0.2) is 0 Å². The van der Waals surface area contributed by atoms with Crippen molar-refractivity contribution in [1.82, 2.24) is 5.32 Å². The number of carbonyl (C=O) groups is 1. The maximum atomic E-state index is 11.0. The second-order valence-corrected chi connectivity index (χ2v) is 4.90. The third-order valence-electron chi connectivity index (χ3n) is 2.99. The minimum absolute atomic E-state index is 0.461. The van der Waals surface area contributed by atoms with Crippen molar-refractivity contribution < 1.29 is 9.90 Å². The van der Waals surface area contributed by atoms with Gasteiger partial charge in [0.25, 0.3) is 0 Å². The van der Waals surface area contributed by atoms with Crippen LogP contribution in [0.5, 0.6) is 0 Å². The van der Waals surface area contributed by atoms with E-state index in [1.54, 1.807) is 6.08 Å². The number of hydrogen-bond acceptors (Lipinski definition) is 5. The molecular weight excluding hydrogens is 318 g/mol. The molecule has 1 aromatic carbocycles. The molecule has 0 heterocycles. The van der Waals surface area contributed by atoms with Crippen LogP contribution in [0.2, 0.25) is 0 Å². The lowest BCUT2D eigenvalue weighted by atomic mass is 10.1. The van der Waals surface area contributed by atoms with Gasteiger partial charge in [-0.2, -0.15) is 0 Å². The maximum absolute atomic E-state index is 11.0. The van der Waals surface area contributed by atoms with E-state index in [1.165, 1.54) is 6.21 Å². The minimum Gasteiger partial charge on any atom is -0.480 e. The van der Waals surface area contributed by atoms with Crippen LogP contribution in [-0.2, 0) is 4.79 Å². The molecule has 0 radical (unpaired) electrons. The molecule has 1 rings (SSSR count). The van der Waals surface area contributed by atoms with Gasteiger partial charge in [-0.05, 0) is 48.9 Å². The smallest absolute Gasteiger partial charge is 0.328 e. The first-order chi connectivity index (χ1) is 12.1. The number of hydrogen-bond donors (Lipinski definition) is 5. The Balaban J connectivity index is 0.00000178. The van der Waals surface area contributed by atoms with Gasteiger partial charge in [0.1, 0.15) is 6.04 Å². The molecule has 0 aliphatic carbocycles. The predicted molar refractivity (Wildman–Crippen MR) is 105 cm³/mol. The van der Waals surface area contributed by atoms with Gasteiger partial charge in [0.05, 0.1) is 6.34 Å². The van der Waals surface area contributed by atoms with Crippen LogP contribution in [0.4, 0.5) is 0 Å². The lowest BCUT2D eigenvalue weighted by molar-refractivity contribution is -0.138. The summed E-state index contributed by atoms with van der Waals surface area (Å²) in [5.41, 5.74) is 11.9. The number of aliphatic carboxylic acids is 1. The van der Waals surface area contributed by atoms with Crippen LogP contribution in [0.15, 0.2) is 41.5 Å². The van der Waals surface area contributed by atoms with Crippen LogP contribution in [0.3, 0.4) is 0 Å². The van der Waals surface area contributed by atoms with Crippen LogP contribution >= 0.6 is 0 Å². The highest BCUT2D eigenvalue weighted by Gasteiger charge is 2.13. The number of carboxylic acid groups (broad SMARTS) is 1. The molecule has 136 valence electrons. The molecule has 0 aromatic heterocycles. The van der Waals surface area contributed by atoms with Crippen molar-refractivity contribution >= 4 is 30.7 Å². The highest BCUT2D eigenvalue weighted by Crippen LogP contribution is 2.07. The van der Waals surface area contributed by atoms with E-state index in [9.17, 15) is 4.79 Å². The summed E-state index contributed by atoms with van der Waals surface area (Å²) in [5.74, 6) is -0.918. The SMILES string of the molecule is CN/C=C\c1ccc(/C=C/C=NC(CCCN)C(=O)O)cc1.N=CN. The van der Waals surface area contributed by atoms with Crippen LogP contribution in [0, 0.1) is 5.41 Å². The molecule has 1 unspecified atom stereocenters. The largest absolute Gasteiger partial charge is 0.480 e. The first kappa shape index (κ1) is 22.1. The number of allylic oxidation sites excluding steroid dienone is 1. The van der Waals surface area contributed by atoms with Crippen molar-refractivity contribution in [3.05, 3.63) is 47.7 Å². The van der Waals surface area contributed by atoms with Crippen molar-refractivity contribution in [2.45, 2.75) is 18.9 Å². The maximum Gasteiger partial charge on any atom is 0.328 e. The van der Waals surface area contributed by atoms with E-state index < -0.39 is 12.0 Å². The second-order valence-electron chi connectivity index (χ2n) is 4.90. The van der Waals surface area contributed by atoms with Gasteiger partial charge in [-0.15, -0.1) is 0 Å². The average molecular weight is 345 g/mol. The van der Waals surface area contributed by atoms with Crippen LogP contribution in [0.1, 0.15) is 24.0 Å². The Hall–Kier alpha value is -2.93. The van der Waals surface area contributed by atoms with E-state index in [1.807, 2.05) is 49.7 Å². The Bertz CT molecular complexity index is 580. The van der Waals surface area contributed by atoms with Crippen molar-refractivity contribution in [3.8, 4) is 0 Å². The molecule has 0 aliphatic rings. The molecule has 7 nitrogen and oxygen atoms in total. The summed E-state index contributed by atoms with van der Waals surface area (Å²) in [6.07, 6.45) is 10.9. The standard InChI is InChI=1S/C17H23N3O2.CH4N2/c1-19-13-10-15-8-6-14(7-9-15)4-3-12-20-16(17(21)22)5-2-11-18;2-1-3/h3-4,6-10,12-13,16,19H,2,5,11,18H2,1H3,(H,21,22);1H,(H3,2,3)/b4-3+,13-10-,20-12?;. The average Bonchev–Trinajstić information content (AvgIpc) is 2.60. The monoisotopic (exact) mass is 345 g/mol. The Kier molecular flexibility index (Phi) is 12.9. The molecule has 1 aromatic rings. The summed E-state index contributed by atoms with van der Waals surface area (Å²) < 4.78 is 0. The number of carboxylic acids is 1. The zero-order chi connectivity index (χ0) is 18.9. The fraction of sp³-hybridized carbons (Fsp3) is 0.278. The van der Waals surface area contributed by atoms with Gasteiger partial charge >= 0.3 is 5.97 Å². The number of nitrogens with zero attached hydrogens (tertiary/aromatic N) is 1. The first-order valence-corrected chi connectivity index (χ1v) is 7.86. The van der Waals surface area contributed by atoms with Crippen molar-refractivity contribution in [2.75, 3.05) is 13.6 Å². The molecule has 1 atom stereocenters. The first-order valence-electron chi connectivity index (χ1n) is 7.86. The molecule has 0 bridgehead atoms. The third kappa shape index (κ3) is 11.3. The lowest BCUT2D eigenvalue weighted by Crippen LogP contribution is -2.19. The Morgan fingerprint density at radius 2 is 1.88 bits per heavy atom. The normalized spacial score (nSPS) is 12.1. The Morgan fingerprint density at radius 1 is 1.32 bits per heavy atom. The minimum atomic E-state index is -0.918. The Labute approximate surface area is 148 Å². The van der Waals surface area contributed by atoms with Gasteiger partial charge in [0.2, 0.25) is 0 Å². The van der Waals surface area contributed by atoms with E-state index in [4.69, 9.17) is 16.2 Å². The quantitative estimate of drug-likeness (QED) is 0.342. The number of aliphatic imine (C=N–C) groups is 1. The van der Waals surface area contributed by atoms with E-state index >= 15 is 0 Å².